The van der Waals surface area contributed by atoms with Gasteiger partial charge in [-0.3, -0.25) is 19.8 Å². The lowest BCUT2D eigenvalue weighted by atomic mass is 9.92. The first kappa shape index (κ1) is 15.6. The molecule has 0 radical (unpaired) electrons. The van der Waals surface area contributed by atoms with Crippen molar-refractivity contribution in [2.45, 2.75) is 52.5 Å². The van der Waals surface area contributed by atoms with Crippen LogP contribution >= 0.6 is 0 Å². The molecule has 0 bridgehead atoms. The Bertz CT molecular complexity index is 411. The number of imide groups is 1. The zero-order valence-corrected chi connectivity index (χ0v) is 12.2. The van der Waals surface area contributed by atoms with Gasteiger partial charge < -0.3 is 0 Å². The predicted octanol–water partition coefficient (Wildman–Crippen LogP) is 1.44. The topological polar surface area (TPSA) is 73.2 Å². The molecule has 1 rings (SSSR count). The number of rotatable bonds is 6. The molecule has 19 heavy (non-hydrogen) atoms. The van der Waals surface area contributed by atoms with Crippen molar-refractivity contribution >= 4 is 11.8 Å². The molecule has 0 spiro atoms. The number of nitrogens with one attached hydrogen (secondary N) is 1. The average Bonchev–Trinajstić information content (AvgIpc) is 2.51. The Hall–Kier alpha value is -1.41. The van der Waals surface area contributed by atoms with Crippen LogP contribution in [-0.4, -0.2) is 35.3 Å². The Balaban J connectivity index is 2.53. The van der Waals surface area contributed by atoms with Gasteiger partial charge in [0.1, 0.15) is 5.54 Å². The van der Waals surface area contributed by atoms with Crippen molar-refractivity contribution in [1.29, 1.82) is 5.26 Å². The lowest BCUT2D eigenvalue weighted by molar-refractivity contribution is -0.140. The van der Waals surface area contributed by atoms with Crippen molar-refractivity contribution in [2.24, 2.45) is 5.41 Å². The number of hydrogen-bond acceptors (Lipinski definition) is 4. The van der Waals surface area contributed by atoms with E-state index in [1.165, 1.54) is 4.90 Å². The van der Waals surface area contributed by atoms with E-state index in [0.717, 1.165) is 6.54 Å². The van der Waals surface area contributed by atoms with E-state index in [-0.39, 0.29) is 18.2 Å². The molecule has 1 saturated heterocycles. The largest absolute Gasteiger partial charge is 0.300 e. The van der Waals surface area contributed by atoms with Gasteiger partial charge in [-0.25, -0.2) is 0 Å². The summed E-state index contributed by atoms with van der Waals surface area (Å²) in [5.74, 6) is -0.197. The molecule has 1 N–H and O–H groups in total. The van der Waals surface area contributed by atoms with E-state index in [1.54, 1.807) is 13.8 Å². The highest BCUT2D eigenvalue weighted by atomic mass is 16.2. The van der Waals surface area contributed by atoms with Crippen molar-refractivity contribution in [3.8, 4) is 6.07 Å². The second kappa shape index (κ2) is 5.70. The highest BCUT2D eigenvalue weighted by Gasteiger charge is 2.44. The fourth-order valence-electron chi connectivity index (χ4n) is 2.42. The van der Waals surface area contributed by atoms with Crippen LogP contribution in [0.5, 0.6) is 0 Å². The first-order valence-electron chi connectivity index (χ1n) is 6.77. The van der Waals surface area contributed by atoms with Gasteiger partial charge in [-0.2, -0.15) is 5.26 Å². The number of amides is 2. The van der Waals surface area contributed by atoms with Crippen molar-refractivity contribution in [1.82, 2.24) is 10.2 Å². The van der Waals surface area contributed by atoms with Gasteiger partial charge in [0.2, 0.25) is 11.8 Å². The second-order valence-electron chi connectivity index (χ2n) is 5.99. The van der Waals surface area contributed by atoms with Gasteiger partial charge in [0.25, 0.3) is 0 Å². The van der Waals surface area contributed by atoms with Crippen LogP contribution < -0.4 is 5.32 Å². The van der Waals surface area contributed by atoms with Crippen LogP contribution in [0, 0.1) is 16.7 Å². The van der Waals surface area contributed by atoms with Gasteiger partial charge in [-0.1, -0.05) is 20.8 Å². The van der Waals surface area contributed by atoms with E-state index in [4.69, 9.17) is 5.26 Å². The zero-order chi connectivity index (χ0) is 14.7. The van der Waals surface area contributed by atoms with Gasteiger partial charge in [0.05, 0.1) is 11.5 Å². The van der Waals surface area contributed by atoms with Crippen LogP contribution in [0.15, 0.2) is 0 Å². The standard InChI is InChI=1S/C14H23N3O2/c1-5-16-14(4,10-15)7-6-8-17-11(18)9-13(2,3)12(17)19/h16H,5-9H2,1-4H3. The molecular weight excluding hydrogens is 242 g/mol. The molecule has 0 aromatic heterocycles. The van der Waals surface area contributed by atoms with Gasteiger partial charge >= 0.3 is 0 Å². The molecule has 1 heterocycles. The van der Waals surface area contributed by atoms with E-state index in [9.17, 15) is 9.59 Å². The summed E-state index contributed by atoms with van der Waals surface area (Å²) in [5.41, 5.74) is -1.16. The molecule has 1 aliphatic heterocycles. The summed E-state index contributed by atoms with van der Waals surface area (Å²) >= 11 is 0. The Kier molecular flexibility index (Phi) is 4.70. The number of nitrogens with zero attached hydrogens (tertiary/aromatic N) is 2. The highest BCUT2D eigenvalue weighted by Crippen LogP contribution is 2.31. The first-order valence-corrected chi connectivity index (χ1v) is 6.77. The van der Waals surface area contributed by atoms with Gasteiger partial charge in [-0.15, -0.1) is 0 Å². The minimum absolute atomic E-state index is 0.0976. The molecule has 0 saturated carbocycles. The third-order valence-corrected chi connectivity index (χ3v) is 3.59. The predicted molar refractivity (Wildman–Crippen MR) is 72.0 cm³/mol. The van der Waals surface area contributed by atoms with Gasteiger partial charge in [0, 0.05) is 13.0 Å². The maximum Gasteiger partial charge on any atom is 0.235 e. The van der Waals surface area contributed by atoms with Crippen molar-refractivity contribution < 1.29 is 9.59 Å². The van der Waals surface area contributed by atoms with Gasteiger partial charge in [0.15, 0.2) is 0 Å². The SMILES string of the molecule is CCNC(C)(C#N)CCCN1C(=O)CC(C)(C)C1=O. The maximum absolute atomic E-state index is 12.0. The van der Waals surface area contributed by atoms with Crippen LogP contribution in [0.4, 0.5) is 0 Å². The third-order valence-electron chi connectivity index (χ3n) is 3.59. The summed E-state index contributed by atoms with van der Waals surface area (Å²) in [6, 6.07) is 2.24. The summed E-state index contributed by atoms with van der Waals surface area (Å²) < 4.78 is 0. The number of carbonyl (C=O) groups excluding carboxylic acids is 2. The van der Waals surface area contributed by atoms with E-state index in [1.807, 2.05) is 13.8 Å². The molecule has 0 aliphatic carbocycles. The number of carbonyl (C=O) groups is 2. The zero-order valence-electron chi connectivity index (χ0n) is 12.2. The van der Waals surface area contributed by atoms with E-state index >= 15 is 0 Å². The fraction of sp³-hybridized carbons (Fsp3) is 0.786. The lowest BCUT2D eigenvalue weighted by Crippen LogP contribution is -2.42. The number of likely N-dealkylation sites (tertiary alicyclic amines) is 1. The normalized spacial score (nSPS) is 21.3. The molecule has 1 unspecified atom stereocenters. The Morgan fingerprint density at radius 2 is 2.11 bits per heavy atom. The summed E-state index contributed by atoms with van der Waals surface area (Å²) in [6.07, 6.45) is 1.55. The van der Waals surface area contributed by atoms with E-state index < -0.39 is 11.0 Å². The molecule has 1 atom stereocenters. The number of nitriles is 1. The van der Waals surface area contributed by atoms with Crippen LogP contribution in [0.25, 0.3) is 0 Å². The molecule has 5 nitrogen and oxygen atoms in total. The molecule has 0 aromatic rings. The quantitative estimate of drug-likeness (QED) is 0.738. The minimum atomic E-state index is -0.587. The lowest BCUT2D eigenvalue weighted by Gasteiger charge is -2.24. The van der Waals surface area contributed by atoms with Crippen molar-refractivity contribution in [3.05, 3.63) is 0 Å². The molecule has 2 amide bonds. The van der Waals surface area contributed by atoms with Crippen LogP contribution in [-0.2, 0) is 9.59 Å². The molecule has 0 aromatic carbocycles. The Morgan fingerprint density at radius 1 is 1.47 bits per heavy atom. The average molecular weight is 265 g/mol. The van der Waals surface area contributed by atoms with Crippen LogP contribution in [0.2, 0.25) is 0 Å². The number of hydrogen-bond donors (Lipinski definition) is 1. The Labute approximate surface area is 115 Å². The van der Waals surface area contributed by atoms with Crippen molar-refractivity contribution in [2.75, 3.05) is 13.1 Å². The van der Waals surface area contributed by atoms with E-state index in [2.05, 4.69) is 11.4 Å². The fourth-order valence-corrected chi connectivity index (χ4v) is 2.42. The third kappa shape index (κ3) is 3.54. The monoisotopic (exact) mass is 265 g/mol. The Morgan fingerprint density at radius 3 is 2.53 bits per heavy atom. The summed E-state index contributed by atoms with van der Waals surface area (Å²) in [7, 11) is 0. The smallest absolute Gasteiger partial charge is 0.235 e. The summed E-state index contributed by atoms with van der Waals surface area (Å²) in [6.45, 7) is 8.51. The van der Waals surface area contributed by atoms with Crippen LogP contribution in [0.1, 0.15) is 47.0 Å². The molecule has 106 valence electrons. The van der Waals surface area contributed by atoms with Gasteiger partial charge in [-0.05, 0) is 26.3 Å². The van der Waals surface area contributed by atoms with E-state index in [0.29, 0.717) is 19.4 Å². The minimum Gasteiger partial charge on any atom is -0.300 e. The second-order valence-corrected chi connectivity index (χ2v) is 5.99. The molecule has 1 fully saturated rings. The summed E-state index contributed by atoms with van der Waals surface area (Å²) in [5, 5.41) is 12.3. The molecule has 5 heteroatoms. The summed E-state index contributed by atoms with van der Waals surface area (Å²) in [4.78, 5) is 25.1. The molecular formula is C14H23N3O2. The first-order chi connectivity index (χ1) is 8.75. The van der Waals surface area contributed by atoms with Crippen molar-refractivity contribution in [3.63, 3.8) is 0 Å². The molecule has 1 aliphatic rings. The highest BCUT2D eigenvalue weighted by molar-refractivity contribution is 6.05. The maximum atomic E-state index is 12.0. The van der Waals surface area contributed by atoms with Crippen LogP contribution in [0.3, 0.4) is 0 Å².